The van der Waals surface area contributed by atoms with Gasteiger partial charge in [0.05, 0.1) is 11.4 Å². The topological polar surface area (TPSA) is 109 Å². The van der Waals surface area contributed by atoms with Gasteiger partial charge in [-0.25, -0.2) is 4.98 Å². The summed E-state index contributed by atoms with van der Waals surface area (Å²) in [6.45, 7) is 2.45. The van der Waals surface area contributed by atoms with Gasteiger partial charge in [0.1, 0.15) is 11.9 Å². The molecular weight excluding hydrogens is 416 g/mol. The number of nitrogens with two attached hydrogens (primary N) is 1. The lowest BCUT2D eigenvalue weighted by Crippen LogP contribution is -2.37. The van der Waals surface area contributed by atoms with Crippen LogP contribution < -0.4 is 20.7 Å². The number of ether oxygens (including phenoxy) is 1. The molecule has 8 nitrogen and oxygen atoms in total. The lowest BCUT2D eigenvalue weighted by Gasteiger charge is -2.29. The molecule has 5 rings (SSSR count). The minimum atomic E-state index is 0.165. The lowest BCUT2D eigenvalue weighted by atomic mass is 9.96. The van der Waals surface area contributed by atoms with E-state index in [9.17, 15) is 5.11 Å². The Kier molecular flexibility index (Phi) is 6.26. The lowest BCUT2D eigenvalue weighted by molar-refractivity contribution is 0.114. The average molecular weight is 447 g/mol. The van der Waals surface area contributed by atoms with Crippen LogP contribution in [0.4, 0.5) is 11.5 Å². The van der Waals surface area contributed by atoms with Crippen LogP contribution in [0.25, 0.3) is 11.3 Å². The van der Waals surface area contributed by atoms with E-state index in [4.69, 9.17) is 10.5 Å². The summed E-state index contributed by atoms with van der Waals surface area (Å²) in [5, 5.41) is 22.4. The molecule has 2 aromatic heterocycles. The van der Waals surface area contributed by atoms with Gasteiger partial charge in [0, 0.05) is 37.0 Å². The van der Waals surface area contributed by atoms with Crippen molar-refractivity contribution in [1.29, 1.82) is 0 Å². The first-order valence-electron chi connectivity index (χ1n) is 11.7. The van der Waals surface area contributed by atoms with E-state index in [1.807, 2.05) is 30.3 Å². The maximum atomic E-state index is 10.3. The number of nitrogens with zero attached hydrogens (tertiary/aromatic N) is 4. The molecule has 2 aliphatic rings. The monoisotopic (exact) mass is 446 g/mol. The summed E-state index contributed by atoms with van der Waals surface area (Å²) in [6, 6.07) is 13.4. The highest BCUT2D eigenvalue weighted by Gasteiger charge is 2.23. The highest BCUT2D eigenvalue weighted by atomic mass is 16.5. The molecule has 2 fully saturated rings. The summed E-state index contributed by atoms with van der Waals surface area (Å²) in [5.74, 6) is 1.21. The Morgan fingerprint density at radius 2 is 1.97 bits per heavy atom. The summed E-state index contributed by atoms with van der Waals surface area (Å²) < 4.78 is 6.01. The normalized spacial score (nSPS) is 18.1. The number of aromatic hydroxyl groups is 1. The summed E-state index contributed by atoms with van der Waals surface area (Å²) in [5.41, 5.74) is 9.44. The van der Waals surface area contributed by atoms with Crippen molar-refractivity contribution in [3.05, 3.63) is 54.2 Å². The van der Waals surface area contributed by atoms with Crippen LogP contribution in [-0.4, -0.2) is 45.5 Å². The van der Waals surface area contributed by atoms with Crippen molar-refractivity contribution in [2.24, 2.45) is 0 Å². The van der Waals surface area contributed by atoms with Gasteiger partial charge >= 0.3 is 0 Å². The van der Waals surface area contributed by atoms with E-state index < -0.39 is 0 Å². The van der Waals surface area contributed by atoms with Crippen molar-refractivity contribution in [2.75, 3.05) is 23.7 Å². The van der Waals surface area contributed by atoms with Gasteiger partial charge in [0.25, 0.3) is 0 Å². The van der Waals surface area contributed by atoms with E-state index in [0.29, 0.717) is 35.5 Å². The zero-order valence-electron chi connectivity index (χ0n) is 18.7. The number of benzene rings is 1. The van der Waals surface area contributed by atoms with Crippen LogP contribution in [0.2, 0.25) is 0 Å². The zero-order valence-corrected chi connectivity index (χ0v) is 18.7. The van der Waals surface area contributed by atoms with Crippen molar-refractivity contribution in [3.8, 4) is 22.9 Å². The third kappa shape index (κ3) is 5.01. The molecule has 33 heavy (non-hydrogen) atoms. The molecule has 3 aromatic rings. The van der Waals surface area contributed by atoms with Gasteiger partial charge in [-0.1, -0.05) is 12.1 Å². The van der Waals surface area contributed by atoms with Gasteiger partial charge in [-0.15, -0.1) is 10.2 Å². The molecule has 0 bridgehead atoms. The molecule has 1 aromatic carbocycles. The molecule has 4 N–H and O–H groups in total. The fraction of sp³-hybridized carbons (Fsp3) is 0.400. The Morgan fingerprint density at radius 1 is 1.09 bits per heavy atom. The maximum Gasteiger partial charge on any atom is 0.213 e. The van der Waals surface area contributed by atoms with Gasteiger partial charge in [-0.05, 0) is 68.5 Å². The van der Waals surface area contributed by atoms with Crippen LogP contribution in [0.5, 0.6) is 11.6 Å². The van der Waals surface area contributed by atoms with E-state index in [0.717, 1.165) is 43.6 Å². The predicted molar refractivity (Wildman–Crippen MR) is 128 cm³/mol. The van der Waals surface area contributed by atoms with Gasteiger partial charge in [-0.2, -0.15) is 0 Å². The standard InChI is InChI=1S/C25H30N6O2/c26-25-22(14-21(29-30-25)20-8-1-2-9-23(20)32)31(16-18-5-4-11-27-18)15-17-10-12-28-24(13-17)33-19-6-3-7-19/h1-2,8-10,12-14,18-19,27,32H,3-7,11,15-16H2,(H2,26,30). The highest BCUT2D eigenvalue weighted by molar-refractivity contribution is 5.74. The van der Waals surface area contributed by atoms with Crippen molar-refractivity contribution in [2.45, 2.75) is 50.8 Å². The van der Waals surface area contributed by atoms with Gasteiger partial charge in [0.15, 0.2) is 5.82 Å². The van der Waals surface area contributed by atoms with Crippen molar-refractivity contribution >= 4 is 11.5 Å². The molecule has 1 saturated heterocycles. The zero-order chi connectivity index (χ0) is 22.6. The third-order valence-corrected chi connectivity index (χ3v) is 6.44. The number of hydrogen-bond acceptors (Lipinski definition) is 8. The first-order valence-corrected chi connectivity index (χ1v) is 11.7. The Morgan fingerprint density at radius 3 is 2.73 bits per heavy atom. The van der Waals surface area contributed by atoms with Crippen LogP contribution in [0, 0.1) is 0 Å². The summed E-state index contributed by atoms with van der Waals surface area (Å²) in [4.78, 5) is 6.63. The molecule has 0 radical (unpaired) electrons. The first-order chi connectivity index (χ1) is 16.2. The van der Waals surface area contributed by atoms with Crippen molar-refractivity contribution in [1.82, 2.24) is 20.5 Å². The largest absolute Gasteiger partial charge is 0.507 e. The molecule has 3 heterocycles. The summed E-state index contributed by atoms with van der Waals surface area (Å²) >= 11 is 0. The van der Waals surface area contributed by atoms with E-state index in [2.05, 4.69) is 25.4 Å². The van der Waals surface area contributed by atoms with E-state index in [1.165, 1.54) is 12.8 Å². The average Bonchev–Trinajstić information content (AvgIpc) is 3.30. The molecule has 1 unspecified atom stereocenters. The molecule has 172 valence electrons. The number of para-hydroxylation sites is 1. The van der Waals surface area contributed by atoms with Crippen LogP contribution in [0.15, 0.2) is 48.7 Å². The quantitative estimate of drug-likeness (QED) is 0.482. The Hall–Kier alpha value is -3.39. The van der Waals surface area contributed by atoms with E-state index >= 15 is 0 Å². The van der Waals surface area contributed by atoms with E-state index in [-0.39, 0.29) is 11.9 Å². The van der Waals surface area contributed by atoms with Crippen LogP contribution >= 0.6 is 0 Å². The Bertz CT molecular complexity index is 1100. The third-order valence-electron chi connectivity index (χ3n) is 6.44. The van der Waals surface area contributed by atoms with Gasteiger partial charge in [0.2, 0.25) is 5.88 Å². The van der Waals surface area contributed by atoms with Crippen LogP contribution in [0.3, 0.4) is 0 Å². The molecule has 1 atom stereocenters. The first kappa shape index (κ1) is 21.5. The number of phenols is 1. The second-order valence-corrected chi connectivity index (χ2v) is 8.86. The SMILES string of the molecule is Nc1nnc(-c2ccccc2O)cc1N(Cc1ccnc(OC2CCC2)c1)CC1CCCN1. The minimum Gasteiger partial charge on any atom is -0.507 e. The Balaban J connectivity index is 1.44. The van der Waals surface area contributed by atoms with Gasteiger partial charge in [-0.3, -0.25) is 0 Å². The van der Waals surface area contributed by atoms with Crippen molar-refractivity contribution < 1.29 is 9.84 Å². The maximum absolute atomic E-state index is 10.3. The van der Waals surface area contributed by atoms with Crippen LogP contribution in [0.1, 0.15) is 37.7 Å². The van der Waals surface area contributed by atoms with Gasteiger partial charge < -0.3 is 25.8 Å². The number of phenolic OH excluding ortho intramolecular Hbond substituents is 1. The highest BCUT2D eigenvalue weighted by Crippen LogP contribution is 2.32. The second-order valence-electron chi connectivity index (χ2n) is 8.86. The number of rotatable bonds is 8. The predicted octanol–water partition coefficient (Wildman–Crippen LogP) is 3.52. The van der Waals surface area contributed by atoms with E-state index in [1.54, 1.807) is 18.3 Å². The molecular formula is C25H30N6O2. The summed E-state index contributed by atoms with van der Waals surface area (Å²) in [6.07, 6.45) is 7.79. The number of nitrogens with one attached hydrogen (secondary N) is 1. The number of aromatic nitrogens is 3. The molecule has 0 amide bonds. The van der Waals surface area contributed by atoms with Crippen LogP contribution in [-0.2, 0) is 6.54 Å². The fourth-order valence-corrected chi connectivity index (χ4v) is 4.39. The smallest absolute Gasteiger partial charge is 0.213 e. The number of pyridine rings is 1. The molecule has 1 aliphatic carbocycles. The number of anilines is 2. The number of nitrogen functional groups attached to an aromatic ring is 1. The Labute approximate surface area is 193 Å². The molecule has 1 aliphatic heterocycles. The molecule has 1 saturated carbocycles. The molecule has 8 heteroatoms. The fourth-order valence-electron chi connectivity index (χ4n) is 4.39. The van der Waals surface area contributed by atoms with Crippen molar-refractivity contribution in [3.63, 3.8) is 0 Å². The second kappa shape index (κ2) is 9.62. The minimum absolute atomic E-state index is 0.165. The number of hydrogen-bond donors (Lipinski definition) is 3. The molecule has 0 spiro atoms. The summed E-state index contributed by atoms with van der Waals surface area (Å²) in [7, 11) is 0.